The fourth-order valence-corrected chi connectivity index (χ4v) is 5.41. The Bertz CT molecular complexity index is 880. The summed E-state index contributed by atoms with van der Waals surface area (Å²) in [7, 11) is 0. The number of rotatable bonds is 8. The third-order valence-corrected chi connectivity index (χ3v) is 7.66. The van der Waals surface area contributed by atoms with Gasteiger partial charge in [-0.05, 0) is 37.5 Å². The second kappa shape index (κ2) is 15.5. The van der Waals surface area contributed by atoms with Gasteiger partial charge in [0.2, 0.25) is 0 Å². The molecule has 0 unspecified atom stereocenters. The molecule has 0 radical (unpaired) electrons. The first-order valence-corrected chi connectivity index (χ1v) is 14.3. The zero-order chi connectivity index (χ0) is 22.2. The molecule has 2 fully saturated rings. The van der Waals surface area contributed by atoms with Crippen LogP contribution in [0, 0.1) is 0 Å². The minimum Gasteiger partial charge on any atom is -0.491 e. The lowest BCUT2D eigenvalue weighted by molar-refractivity contribution is 0.0321. The molecular formula is C24H38Cl2N4O2S2. The highest BCUT2D eigenvalue weighted by atomic mass is 35.5. The molecule has 0 spiro atoms. The fourth-order valence-electron chi connectivity index (χ4n) is 4.49. The molecule has 10 heteroatoms. The molecule has 34 heavy (non-hydrogen) atoms. The number of thioether (sulfide) groups is 2. The molecule has 4 rings (SSSR count). The molecule has 1 aromatic heterocycles. The molecule has 2 aliphatic rings. The summed E-state index contributed by atoms with van der Waals surface area (Å²) in [6.45, 7) is 5.20. The van der Waals surface area contributed by atoms with Gasteiger partial charge in [0.15, 0.2) is 5.16 Å². The average molecular weight is 550 g/mol. The number of nitrogens with zero attached hydrogens (tertiary/aromatic N) is 3. The van der Waals surface area contributed by atoms with Gasteiger partial charge in [0.25, 0.3) is 0 Å². The lowest BCUT2D eigenvalue weighted by atomic mass is 9.96. The number of anilines is 1. The van der Waals surface area contributed by atoms with Crippen molar-refractivity contribution >= 4 is 65.1 Å². The molecule has 0 atom stereocenters. The van der Waals surface area contributed by atoms with Crippen LogP contribution in [0.5, 0.6) is 5.75 Å². The Balaban J connectivity index is 0.00000204. The molecule has 1 saturated carbocycles. The van der Waals surface area contributed by atoms with Crippen LogP contribution in [-0.4, -0.2) is 72.9 Å². The van der Waals surface area contributed by atoms with Crippen molar-refractivity contribution in [1.29, 1.82) is 0 Å². The average Bonchev–Trinajstić information content (AvgIpc) is 2.81. The van der Waals surface area contributed by atoms with Crippen molar-refractivity contribution in [3.8, 4) is 5.75 Å². The van der Waals surface area contributed by atoms with Crippen molar-refractivity contribution in [2.45, 2.75) is 61.0 Å². The van der Waals surface area contributed by atoms with Crippen molar-refractivity contribution < 1.29 is 9.47 Å². The molecular weight excluding hydrogens is 511 g/mol. The van der Waals surface area contributed by atoms with Crippen LogP contribution in [0.4, 0.5) is 5.82 Å². The number of morpholine rings is 1. The molecule has 2 aromatic rings. The number of aromatic nitrogens is 2. The Hall–Kier alpha value is -0.640. The van der Waals surface area contributed by atoms with E-state index in [0.29, 0.717) is 12.6 Å². The number of halogens is 2. The molecule has 0 amide bonds. The fraction of sp³-hybridized carbons (Fsp3) is 0.667. The van der Waals surface area contributed by atoms with Gasteiger partial charge in [-0.15, -0.1) is 36.6 Å². The van der Waals surface area contributed by atoms with E-state index in [0.717, 1.165) is 65.4 Å². The van der Waals surface area contributed by atoms with Gasteiger partial charge in [0.05, 0.1) is 23.6 Å². The first-order valence-electron chi connectivity index (χ1n) is 11.9. The largest absolute Gasteiger partial charge is 0.491 e. The SMILES string of the molecule is CSc1nc(NC2CCCCCCC2)c2cc(OCCN3CCOCC3)c(SC)cc2n1.Cl.Cl. The van der Waals surface area contributed by atoms with Crippen LogP contribution in [0.15, 0.2) is 22.2 Å². The van der Waals surface area contributed by atoms with E-state index in [1.165, 1.54) is 44.9 Å². The van der Waals surface area contributed by atoms with Gasteiger partial charge in [-0.2, -0.15) is 0 Å². The van der Waals surface area contributed by atoms with Gasteiger partial charge in [-0.25, -0.2) is 9.97 Å². The molecule has 6 nitrogen and oxygen atoms in total. The molecule has 1 aliphatic heterocycles. The van der Waals surface area contributed by atoms with E-state index in [-0.39, 0.29) is 24.8 Å². The van der Waals surface area contributed by atoms with Gasteiger partial charge < -0.3 is 14.8 Å². The van der Waals surface area contributed by atoms with E-state index in [1.54, 1.807) is 23.5 Å². The maximum absolute atomic E-state index is 6.29. The number of nitrogens with one attached hydrogen (secondary N) is 1. The molecule has 1 saturated heterocycles. The van der Waals surface area contributed by atoms with E-state index < -0.39 is 0 Å². The lowest BCUT2D eigenvalue weighted by Gasteiger charge is -2.26. The standard InChI is InChI=1S/C24H36N4O2S2.2ClH/c1-31-22-17-20-19(16-21(22)30-15-12-28-10-13-29-14-11-28)23(27-24(26-20)32-2)25-18-8-6-4-3-5-7-9-18;;/h16-18H,3-15H2,1-2H3,(H,25,26,27);2*1H. The Kier molecular flexibility index (Phi) is 13.5. The van der Waals surface area contributed by atoms with Crippen LogP contribution < -0.4 is 10.1 Å². The lowest BCUT2D eigenvalue weighted by Crippen LogP contribution is -2.38. The summed E-state index contributed by atoms with van der Waals surface area (Å²) < 4.78 is 11.7. The zero-order valence-electron chi connectivity index (χ0n) is 20.2. The monoisotopic (exact) mass is 548 g/mol. The highest BCUT2D eigenvalue weighted by molar-refractivity contribution is 7.98. The summed E-state index contributed by atoms with van der Waals surface area (Å²) in [6, 6.07) is 4.79. The quantitative estimate of drug-likeness (QED) is 0.311. The Labute approximate surface area is 224 Å². The van der Waals surface area contributed by atoms with Gasteiger partial charge in [0.1, 0.15) is 18.2 Å². The second-order valence-electron chi connectivity index (χ2n) is 8.57. The highest BCUT2D eigenvalue weighted by Crippen LogP contribution is 2.36. The highest BCUT2D eigenvalue weighted by Gasteiger charge is 2.17. The van der Waals surface area contributed by atoms with Crippen molar-refractivity contribution in [2.24, 2.45) is 0 Å². The minimum atomic E-state index is 0. The summed E-state index contributed by atoms with van der Waals surface area (Å²) in [4.78, 5) is 13.2. The number of ether oxygens (including phenoxy) is 2. The maximum Gasteiger partial charge on any atom is 0.189 e. The van der Waals surface area contributed by atoms with Crippen LogP contribution >= 0.6 is 48.3 Å². The van der Waals surface area contributed by atoms with Crippen LogP contribution in [-0.2, 0) is 4.74 Å². The third kappa shape index (κ3) is 8.20. The van der Waals surface area contributed by atoms with Gasteiger partial charge in [-0.1, -0.05) is 43.9 Å². The van der Waals surface area contributed by atoms with Crippen LogP contribution in [0.25, 0.3) is 10.9 Å². The smallest absolute Gasteiger partial charge is 0.189 e. The molecule has 192 valence electrons. The van der Waals surface area contributed by atoms with Crippen LogP contribution in [0.3, 0.4) is 0 Å². The first kappa shape index (κ1) is 29.6. The number of fused-ring (bicyclic) bond motifs is 1. The topological polar surface area (TPSA) is 59.5 Å². The van der Waals surface area contributed by atoms with Crippen molar-refractivity contribution in [3.05, 3.63) is 12.1 Å². The van der Waals surface area contributed by atoms with Crippen LogP contribution in [0.2, 0.25) is 0 Å². The van der Waals surface area contributed by atoms with E-state index in [1.807, 2.05) is 6.26 Å². The summed E-state index contributed by atoms with van der Waals surface area (Å²) >= 11 is 3.31. The van der Waals surface area contributed by atoms with Crippen molar-refractivity contribution in [2.75, 3.05) is 57.3 Å². The summed E-state index contributed by atoms with van der Waals surface area (Å²) in [6.07, 6.45) is 13.2. The zero-order valence-corrected chi connectivity index (χ0v) is 23.5. The molecule has 0 bridgehead atoms. The normalized spacial score (nSPS) is 17.8. The third-order valence-electron chi connectivity index (χ3n) is 6.36. The summed E-state index contributed by atoms with van der Waals surface area (Å²) in [5.41, 5.74) is 0.988. The van der Waals surface area contributed by atoms with Gasteiger partial charge in [-0.3, -0.25) is 4.90 Å². The van der Waals surface area contributed by atoms with E-state index in [9.17, 15) is 0 Å². The molecule has 2 heterocycles. The Morgan fingerprint density at radius 1 is 1.00 bits per heavy atom. The Morgan fingerprint density at radius 3 is 2.38 bits per heavy atom. The van der Waals surface area contributed by atoms with E-state index >= 15 is 0 Å². The molecule has 1 aromatic carbocycles. The number of benzene rings is 1. The van der Waals surface area contributed by atoms with E-state index in [2.05, 4.69) is 28.6 Å². The summed E-state index contributed by atoms with van der Waals surface area (Å²) in [5, 5.41) is 5.67. The molecule has 1 aliphatic carbocycles. The first-order chi connectivity index (χ1) is 15.8. The predicted molar refractivity (Wildman–Crippen MR) is 150 cm³/mol. The number of hydrogen-bond acceptors (Lipinski definition) is 8. The maximum atomic E-state index is 6.29. The second-order valence-corrected chi connectivity index (χ2v) is 10.2. The van der Waals surface area contributed by atoms with Crippen molar-refractivity contribution in [3.63, 3.8) is 0 Å². The Morgan fingerprint density at radius 2 is 1.71 bits per heavy atom. The number of hydrogen-bond donors (Lipinski definition) is 1. The van der Waals surface area contributed by atoms with E-state index in [4.69, 9.17) is 19.4 Å². The summed E-state index contributed by atoms with van der Waals surface area (Å²) in [5.74, 6) is 1.88. The van der Waals surface area contributed by atoms with Crippen LogP contribution in [0.1, 0.15) is 44.9 Å². The van der Waals surface area contributed by atoms with Gasteiger partial charge >= 0.3 is 0 Å². The van der Waals surface area contributed by atoms with Gasteiger partial charge in [0, 0.05) is 31.1 Å². The molecule has 1 N–H and O–H groups in total. The van der Waals surface area contributed by atoms with Crippen molar-refractivity contribution in [1.82, 2.24) is 14.9 Å². The minimum absolute atomic E-state index is 0. The predicted octanol–water partition coefficient (Wildman–Crippen LogP) is 6.15.